The summed E-state index contributed by atoms with van der Waals surface area (Å²) >= 11 is 1.69. The van der Waals surface area contributed by atoms with Crippen LogP contribution in [0.2, 0.25) is 0 Å². The molecule has 1 fully saturated rings. The highest BCUT2D eigenvalue weighted by Crippen LogP contribution is 2.48. The number of nitrogens with zero attached hydrogens (tertiary/aromatic N) is 2. The molecular formula is C30H31FN4O3S. The second-order valence-corrected chi connectivity index (χ2v) is 10.9. The molecule has 39 heavy (non-hydrogen) atoms. The van der Waals surface area contributed by atoms with Crippen LogP contribution in [0.25, 0.3) is 10.2 Å². The Morgan fingerprint density at radius 3 is 2.41 bits per heavy atom. The Morgan fingerprint density at radius 2 is 1.74 bits per heavy atom. The Morgan fingerprint density at radius 1 is 1.03 bits per heavy atom. The summed E-state index contributed by atoms with van der Waals surface area (Å²) in [4.78, 5) is 34.1. The highest BCUT2D eigenvalue weighted by atomic mass is 32.1. The van der Waals surface area contributed by atoms with Gasteiger partial charge in [-0.1, -0.05) is 13.8 Å². The molecule has 0 atom stereocenters. The van der Waals surface area contributed by atoms with E-state index in [2.05, 4.69) is 40.4 Å². The zero-order valence-electron chi connectivity index (χ0n) is 22.2. The van der Waals surface area contributed by atoms with E-state index in [1.165, 1.54) is 29.1 Å². The van der Waals surface area contributed by atoms with Crippen LogP contribution in [0.15, 0.2) is 60.8 Å². The van der Waals surface area contributed by atoms with E-state index in [1.54, 1.807) is 29.7 Å². The number of halogens is 1. The molecule has 0 unspecified atom stereocenters. The first-order valence-electron chi connectivity index (χ1n) is 13.1. The normalized spacial score (nSPS) is 13.9. The maximum atomic E-state index is 13.2. The van der Waals surface area contributed by atoms with Crippen molar-refractivity contribution < 1.29 is 18.7 Å². The van der Waals surface area contributed by atoms with Gasteiger partial charge in [-0.25, -0.2) is 4.39 Å². The lowest BCUT2D eigenvalue weighted by molar-refractivity contribution is -0.131. The number of carbonyl (C=O) groups is 2. The second kappa shape index (κ2) is 11.1. The van der Waals surface area contributed by atoms with E-state index < -0.39 is 11.2 Å². The van der Waals surface area contributed by atoms with Crippen molar-refractivity contribution in [3.8, 4) is 11.5 Å². The minimum absolute atomic E-state index is 0.353. The lowest BCUT2D eigenvalue weighted by Gasteiger charge is -2.17. The van der Waals surface area contributed by atoms with Crippen LogP contribution in [-0.2, 0) is 16.1 Å². The summed E-state index contributed by atoms with van der Waals surface area (Å²) in [5.74, 6) is 0.253. The molecule has 2 aromatic heterocycles. The third-order valence-corrected chi connectivity index (χ3v) is 8.22. The van der Waals surface area contributed by atoms with E-state index in [9.17, 15) is 14.0 Å². The monoisotopic (exact) mass is 546 g/mol. The van der Waals surface area contributed by atoms with Gasteiger partial charge in [-0.05, 0) is 86.9 Å². The number of pyridine rings is 1. The van der Waals surface area contributed by atoms with Gasteiger partial charge in [0.2, 0.25) is 11.8 Å². The minimum atomic E-state index is -1.12. The van der Waals surface area contributed by atoms with E-state index in [1.807, 2.05) is 19.1 Å². The molecular weight excluding hydrogens is 515 g/mol. The van der Waals surface area contributed by atoms with Crippen LogP contribution >= 0.6 is 11.3 Å². The van der Waals surface area contributed by atoms with Crippen LogP contribution < -0.4 is 15.4 Å². The molecule has 2 amide bonds. The molecule has 7 nitrogen and oxygen atoms in total. The van der Waals surface area contributed by atoms with Gasteiger partial charge in [0.1, 0.15) is 22.7 Å². The number of benzene rings is 2. The summed E-state index contributed by atoms with van der Waals surface area (Å²) in [5.41, 5.74) is 1.67. The fourth-order valence-electron chi connectivity index (χ4n) is 4.47. The number of nitrogens with one attached hydrogen (secondary N) is 2. The molecule has 0 radical (unpaired) electrons. The Hall–Kier alpha value is -3.82. The summed E-state index contributed by atoms with van der Waals surface area (Å²) in [5, 5.41) is 5.64. The van der Waals surface area contributed by atoms with Crippen molar-refractivity contribution in [3.05, 3.63) is 77.1 Å². The van der Waals surface area contributed by atoms with Gasteiger partial charge in [-0.2, -0.15) is 0 Å². The average Bonchev–Trinajstić information content (AvgIpc) is 3.64. The first-order chi connectivity index (χ1) is 18.8. The third-order valence-electron chi connectivity index (χ3n) is 7.10. The molecule has 0 aliphatic heterocycles. The second-order valence-electron chi connectivity index (χ2n) is 9.77. The maximum absolute atomic E-state index is 13.2. The smallest absolute Gasteiger partial charge is 0.240 e. The van der Waals surface area contributed by atoms with Crippen LogP contribution in [-0.4, -0.2) is 34.8 Å². The van der Waals surface area contributed by atoms with Gasteiger partial charge < -0.3 is 15.4 Å². The molecule has 0 saturated heterocycles. The first kappa shape index (κ1) is 26.8. The Kier molecular flexibility index (Phi) is 7.63. The molecule has 202 valence electrons. The molecule has 0 bridgehead atoms. The van der Waals surface area contributed by atoms with Gasteiger partial charge in [0.05, 0.1) is 10.2 Å². The molecule has 1 aliphatic carbocycles. The van der Waals surface area contributed by atoms with Crippen LogP contribution in [0.5, 0.6) is 11.5 Å². The number of aryl methyl sites for hydroxylation is 1. The molecule has 5 rings (SSSR count). The highest BCUT2D eigenvalue weighted by molar-refractivity contribution is 7.19. The van der Waals surface area contributed by atoms with Gasteiger partial charge in [0.15, 0.2) is 0 Å². The maximum Gasteiger partial charge on any atom is 0.240 e. The number of fused-ring (bicyclic) bond motifs is 1. The van der Waals surface area contributed by atoms with Crippen LogP contribution in [0.3, 0.4) is 0 Å². The van der Waals surface area contributed by atoms with E-state index in [-0.39, 0.29) is 11.8 Å². The number of ether oxygens (including phenoxy) is 1. The van der Waals surface area contributed by atoms with E-state index in [0.717, 1.165) is 41.2 Å². The quantitative estimate of drug-likeness (QED) is 0.215. The number of anilines is 2. The van der Waals surface area contributed by atoms with Crippen molar-refractivity contribution in [1.29, 1.82) is 0 Å². The molecule has 1 aliphatic rings. The topological polar surface area (TPSA) is 83.6 Å². The van der Waals surface area contributed by atoms with Crippen LogP contribution in [0.1, 0.15) is 37.1 Å². The molecule has 1 saturated carbocycles. The first-order valence-corrected chi connectivity index (χ1v) is 13.9. The summed E-state index contributed by atoms with van der Waals surface area (Å²) in [6.07, 6.45) is 2.67. The fourth-order valence-corrected chi connectivity index (χ4v) is 5.57. The Balaban J connectivity index is 1.27. The number of amides is 2. The number of aromatic nitrogens is 1. The van der Waals surface area contributed by atoms with E-state index >= 15 is 0 Å². The van der Waals surface area contributed by atoms with Crippen molar-refractivity contribution in [3.63, 3.8) is 0 Å². The standard InChI is InChI=1S/C30H31FN4O3S/c1-4-35(5-2)18-23-17-25-27(39-23)26(12-15-32-25)38-22-10-11-24(19(3)16-22)34-29(37)30(13-14-30)28(36)33-21-8-6-20(31)7-9-21/h6-12,15-17H,4-5,13-14,18H2,1-3H3,(H,33,36)(H,34,37). The molecule has 9 heteroatoms. The van der Waals surface area contributed by atoms with E-state index in [4.69, 9.17) is 4.74 Å². The van der Waals surface area contributed by atoms with Crippen LogP contribution in [0.4, 0.5) is 15.8 Å². The molecule has 4 aromatic rings. The Bertz CT molecular complexity index is 1510. The van der Waals surface area contributed by atoms with Gasteiger partial charge in [-0.3, -0.25) is 19.5 Å². The fraction of sp³-hybridized carbons (Fsp3) is 0.300. The van der Waals surface area contributed by atoms with Crippen molar-refractivity contribution in [2.75, 3.05) is 23.7 Å². The molecule has 2 N–H and O–H groups in total. The van der Waals surface area contributed by atoms with Crippen molar-refractivity contribution in [1.82, 2.24) is 9.88 Å². The summed E-state index contributed by atoms with van der Waals surface area (Å²) in [6, 6.07) is 14.9. The lowest BCUT2D eigenvalue weighted by atomic mass is 10.0. The predicted molar refractivity (Wildman–Crippen MR) is 153 cm³/mol. The third kappa shape index (κ3) is 5.79. The number of carbonyl (C=O) groups excluding carboxylic acids is 2. The minimum Gasteiger partial charge on any atom is -0.456 e. The molecule has 2 aromatic carbocycles. The number of hydrogen-bond acceptors (Lipinski definition) is 6. The zero-order chi connectivity index (χ0) is 27.6. The zero-order valence-corrected chi connectivity index (χ0v) is 23.0. The van der Waals surface area contributed by atoms with Gasteiger partial charge >= 0.3 is 0 Å². The summed E-state index contributed by atoms with van der Waals surface area (Å²) in [7, 11) is 0. The molecule has 2 heterocycles. The van der Waals surface area contributed by atoms with Crippen LogP contribution in [0, 0.1) is 18.2 Å². The van der Waals surface area contributed by atoms with E-state index in [0.29, 0.717) is 30.0 Å². The van der Waals surface area contributed by atoms with Crippen molar-refractivity contribution in [2.45, 2.75) is 40.2 Å². The number of hydrogen-bond donors (Lipinski definition) is 2. The largest absolute Gasteiger partial charge is 0.456 e. The lowest BCUT2D eigenvalue weighted by Crippen LogP contribution is -2.35. The number of thiophene rings is 1. The molecule has 0 spiro atoms. The van der Waals surface area contributed by atoms with Gasteiger partial charge in [-0.15, -0.1) is 11.3 Å². The summed E-state index contributed by atoms with van der Waals surface area (Å²) in [6.45, 7) is 9.06. The SMILES string of the molecule is CCN(CC)Cc1cc2nccc(Oc3ccc(NC(=O)C4(C(=O)Nc5ccc(F)cc5)CC4)c(C)c3)c2s1. The predicted octanol–water partition coefficient (Wildman–Crippen LogP) is 6.74. The Labute approximate surface area is 231 Å². The highest BCUT2D eigenvalue weighted by Gasteiger charge is 2.56. The van der Waals surface area contributed by atoms with Gasteiger partial charge in [0, 0.05) is 35.1 Å². The van der Waals surface area contributed by atoms with Gasteiger partial charge in [0.25, 0.3) is 0 Å². The van der Waals surface area contributed by atoms with Crippen molar-refractivity contribution in [2.24, 2.45) is 5.41 Å². The average molecular weight is 547 g/mol. The van der Waals surface area contributed by atoms with Crippen molar-refractivity contribution >= 4 is 44.7 Å². The summed E-state index contributed by atoms with van der Waals surface area (Å²) < 4.78 is 20.4. The number of rotatable bonds is 10.